The maximum atomic E-state index is 12.0. The smallest absolute Gasteiger partial charge is 0.228 e. The number of carbonyl (C=O) groups is 1. The number of benzene rings is 1. The molecule has 0 amide bonds. The molecule has 0 bridgehead atoms. The van der Waals surface area contributed by atoms with Gasteiger partial charge in [0.25, 0.3) is 0 Å². The highest BCUT2D eigenvalue weighted by Crippen LogP contribution is 2.16. The highest BCUT2D eigenvalue weighted by molar-refractivity contribution is 6.30. The molecule has 17 heavy (non-hydrogen) atoms. The van der Waals surface area contributed by atoms with Crippen LogP contribution in [0.4, 0.5) is 0 Å². The van der Waals surface area contributed by atoms with Gasteiger partial charge in [-0.05, 0) is 36.4 Å². The quantitative estimate of drug-likeness (QED) is 0.780. The normalized spacial score (nSPS) is 9.88. The molecule has 1 heterocycles. The fourth-order valence-corrected chi connectivity index (χ4v) is 1.54. The first-order valence-electron chi connectivity index (χ1n) is 4.96. The molecule has 0 aliphatic carbocycles. The second-order valence-electron chi connectivity index (χ2n) is 3.44. The largest absolute Gasteiger partial charge is 0.456 e. The Morgan fingerprint density at radius 2 is 1.94 bits per heavy atom. The van der Waals surface area contributed by atoms with Crippen molar-refractivity contribution in [1.29, 1.82) is 5.26 Å². The molecule has 3 nitrogen and oxygen atoms in total. The van der Waals surface area contributed by atoms with E-state index in [2.05, 4.69) is 0 Å². The predicted molar refractivity (Wildman–Crippen MR) is 62.9 cm³/mol. The fraction of sp³-hybridized carbons (Fsp3) is 0.0769. The Bertz CT molecular complexity index is 578. The number of rotatable bonds is 3. The number of halogens is 1. The van der Waals surface area contributed by atoms with Crippen LogP contribution in [0.1, 0.15) is 21.9 Å². The van der Waals surface area contributed by atoms with Crippen molar-refractivity contribution in [3.05, 3.63) is 58.5 Å². The summed E-state index contributed by atoms with van der Waals surface area (Å²) in [7, 11) is 0. The van der Waals surface area contributed by atoms with Gasteiger partial charge in [0.15, 0.2) is 5.76 Å². The van der Waals surface area contributed by atoms with Gasteiger partial charge in [0.05, 0.1) is 12.5 Å². The van der Waals surface area contributed by atoms with Crippen molar-refractivity contribution in [3.8, 4) is 6.07 Å². The van der Waals surface area contributed by atoms with Crippen LogP contribution in [0.25, 0.3) is 0 Å². The van der Waals surface area contributed by atoms with E-state index >= 15 is 0 Å². The van der Waals surface area contributed by atoms with Gasteiger partial charge >= 0.3 is 0 Å². The van der Waals surface area contributed by atoms with Gasteiger partial charge in [0, 0.05) is 10.6 Å². The average molecular weight is 246 g/mol. The van der Waals surface area contributed by atoms with Crippen LogP contribution in [0, 0.1) is 11.3 Å². The molecule has 0 aliphatic rings. The predicted octanol–water partition coefficient (Wildman–Crippen LogP) is 3.23. The van der Waals surface area contributed by atoms with E-state index in [1.165, 1.54) is 0 Å². The minimum atomic E-state index is -0.217. The van der Waals surface area contributed by atoms with E-state index in [-0.39, 0.29) is 18.0 Å². The van der Waals surface area contributed by atoms with Crippen molar-refractivity contribution in [2.75, 3.05) is 0 Å². The second kappa shape index (κ2) is 4.86. The summed E-state index contributed by atoms with van der Waals surface area (Å²) in [6.07, 6.45) is 0.161. The first-order valence-corrected chi connectivity index (χ1v) is 5.34. The van der Waals surface area contributed by atoms with Crippen LogP contribution in [-0.4, -0.2) is 5.78 Å². The lowest BCUT2D eigenvalue weighted by Gasteiger charge is -1.97. The lowest BCUT2D eigenvalue weighted by Crippen LogP contribution is -1.98. The van der Waals surface area contributed by atoms with Gasteiger partial charge in [-0.2, -0.15) is 5.26 Å². The summed E-state index contributed by atoms with van der Waals surface area (Å²) in [5, 5.41) is 9.08. The van der Waals surface area contributed by atoms with E-state index in [9.17, 15) is 4.79 Å². The first kappa shape index (κ1) is 11.4. The highest BCUT2D eigenvalue weighted by Gasteiger charge is 2.13. The molecule has 1 aromatic heterocycles. The zero-order valence-corrected chi connectivity index (χ0v) is 9.57. The fourth-order valence-electron chi connectivity index (χ4n) is 1.42. The summed E-state index contributed by atoms with van der Waals surface area (Å²) < 4.78 is 5.27. The van der Waals surface area contributed by atoms with Crippen LogP contribution < -0.4 is 0 Å². The van der Waals surface area contributed by atoms with Crippen molar-refractivity contribution >= 4 is 17.4 Å². The Morgan fingerprint density at radius 3 is 2.59 bits per heavy atom. The molecule has 0 radical (unpaired) electrons. The molecular formula is C13H8ClNO2. The molecule has 0 aliphatic heterocycles. The van der Waals surface area contributed by atoms with Crippen molar-refractivity contribution < 1.29 is 9.21 Å². The lowest BCUT2D eigenvalue weighted by molar-refractivity contribution is 0.101. The van der Waals surface area contributed by atoms with Crippen LogP contribution in [0.5, 0.6) is 0 Å². The maximum absolute atomic E-state index is 12.0. The lowest BCUT2D eigenvalue weighted by atomic mass is 10.1. The number of hydrogen-bond donors (Lipinski definition) is 0. The van der Waals surface area contributed by atoms with Gasteiger partial charge in [-0.25, -0.2) is 0 Å². The van der Waals surface area contributed by atoms with E-state index in [0.717, 1.165) is 0 Å². The van der Waals surface area contributed by atoms with Gasteiger partial charge in [-0.1, -0.05) is 11.6 Å². The minimum Gasteiger partial charge on any atom is -0.456 e. The number of furan rings is 1. The summed E-state index contributed by atoms with van der Waals surface area (Å²) in [4.78, 5) is 12.0. The SMILES string of the molecule is N#CCc1ccc(C(=O)c2ccc(Cl)cc2)o1. The van der Waals surface area contributed by atoms with Crippen molar-refractivity contribution in [2.45, 2.75) is 6.42 Å². The highest BCUT2D eigenvalue weighted by atomic mass is 35.5. The Balaban J connectivity index is 2.25. The summed E-state index contributed by atoms with van der Waals surface area (Å²) >= 11 is 5.74. The summed E-state index contributed by atoms with van der Waals surface area (Å²) in [5.74, 6) is 0.508. The molecule has 0 N–H and O–H groups in total. The van der Waals surface area contributed by atoms with Crippen LogP contribution in [-0.2, 0) is 6.42 Å². The monoisotopic (exact) mass is 245 g/mol. The van der Waals surface area contributed by atoms with Gasteiger partial charge in [-0.3, -0.25) is 4.79 Å². The molecule has 84 valence electrons. The molecule has 1 aromatic carbocycles. The van der Waals surface area contributed by atoms with Crippen molar-refractivity contribution in [1.82, 2.24) is 0 Å². The average Bonchev–Trinajstić information content (AvgIpc) is 2.78. The van der Waals surface area contributed by atoms with Crippen LogP contribution in [0.3, 0.4) is 0 Å². The third-order valence-corrected chi connectivity index (χ3v) is 2.50. The van der Waals surface area contributed by atoms with E-state index in [1.54, 1.807) is 36.4 Å². The van der Waals surface area contributed by atoms with Crippen LogP contribution in [0.2, 0.25) is 5.02 Å². The molecule has 0 unspecified atom stereocenters. The number of ketones is 1. The van der Waals surface area contributed by atoms with E-state index in [0.29, 0.717) is 16.3 Å². The molecule has 0 saturated heterocycles. The molecule has 2 rings (SSSR count). The van der Waals surface area contributed by atoms with Crippen LogP contribution >= 0.6 is 11.6 Å². The molecular weight excluding hydrogens is 238 g/mol. The van der Waals surface area contributed by atoms with Gasteiger partial charge < -0.3 is 4.42 Å². The van der Waals surface area contributed by atoms with Crippen LogP contribution in [0.15, 0.2) is 40.8 Å². The molecule has 0 fully saturated rings. The zero-order valence-electron chi connectivity index (χ0n) is 8.81. The topological polar surface area (TPSA) is 54.0 Å². The Kier molecular flexibility index (Phi) is 3.27. The Hall–Kier alpha value is -2.05. The standard InChI is InChI=1S/C13H8ClNO2/c14-10-3-1-9(2-4-10)13(16)12-6-5-11(17-12)7-8-15/h1-6H,7H2. The molecule has 2 aromatic rings. The van der Waals surface area contributed by atoms with E-state index in [1.807, 2.05) is 6.07 Å². The number of nitrogens with zero attached hydrogens (tertiary/aromatic N) is 1. The van der Waals surface area contributed by atoms with Gasteiger partial charge in [0.1, 0.15) is 5.76 Å². The molecule has 0 spiro atoms. The summed E-state index contributed by atoms with van der Waals surface area (Å²) in [6, 6.07) is 11.7. The molecule has 0 atom stereocenters. The third kappa shape index (κ3) is 2.55. The van der Waals surface area contributed by atoms with Gasteiger partial charge in [-0.15, -0.1) is 0 Å². The zero-order chi connectivity index (χ0) is 12.3. The van der Waals surface area contributed by atoms with Crippen molar-refractivity contribution in [3.63, 3.8) is 0 Å². The Morgan fingerprint density at radius 1 is 1.24 bits per heavy atom. The third-order valence-electron chi connectivity index (χ3n) is 2.25. The first-order chi connectivity index (χ1) is 8.20. The van der Waals surface area contributed by atoms with Gasteiger partial charge in [0.2, 0.25) is 5.78 Å². The number of carbonyl (C=O) groups excluding carboxylic acids is 1. The Labute approximate surface area is 103 Å². The van der Waals surface area contributed by atoms with E-state index in [4.69, 9.17) is 21.3 Å². The van der Waals surface area contributed by atoms with E-state index < -0.39 is 0 Å². The van der Waals surface area contributed by atoms with Crippen molar-refractivity contribution in [2.24, 2.45) is 0 Å². The minimum absolute atomic E-state index is 0.161. The number of nitriles is 1. The second-order valence-corrected chi connectivity index (χ2v) is 3.87. The maximum Gasteiger partial charge on any atom is 0.228 e. The summed E-state index contributed by atoms with van der Waals surface area (Å²) in [5.41, 5.74) is 0.507. The number of hydrogen-bond acceptors (Lipinski definition) is 3. The summed E-state index contributed by atoms with van der Waals surface area (Å²) in [6.45, 7) is 0. The molecule has 4 heteroatoms. The molecule has 0 saturated carbocycles.